The summed E-state index contributed by atoms with van der Waals surface area (Å²) in [5.74, 6) is -0.554. The van der Waals surface area contributed by atoms with Crippen molar-refractivity contribution in [2.24, 2.45) is 5.73 Å². The predicted octanol–water partition coefficient (Wildman–Crippen LogP) is 1.93. The molecule has 0 aliphatic carbocycles. The number of aromatic nitrogens is 2. The first-order valence-electron chi connectivity index (χ1n) is 4.85. The molecule has 1 aromatic heterocycles. The molecule has 0 aliphatic rings. The maximum atomic E-state index is 13.4. The highest BCUT2D eigenvalue weighted by Gasteiger charge is 2.13. The summed E-state index contributed by atoms with van der Waals surface area (Å²) in [5.41, 5.74) is 6.10. The van der Waals surface area contributed by atoms with Gasteiger partial charge in [0.2, 0.25) is 0 Å². The number of imidazole rings is 1. The van der Waals surface area contributed by atoms with E-state index in [4.69, 9.17) is 5.73 Å². The number of halogens is 2. The van der Waals surface area contributed by atoms with Crippen LogP contribution in [0.3, 0.4) is 0 Å². The van der Waals surface area contributed by atoms with Gasteiger partial charge >= 0.3 is 0 Å². The van der Waals surface area contributed by atoms with Crippen molar-refractivity contribution in [1.82, 2.24) is 9.97 Å². The zero-order valence-corrected chi connectivity index (χ0v) is 8.45. The Morgan fingerprint density at radius 1 is 1.38 bits per heavy atom. The van der Waals surface area contributed by atoms with Gasteiger partial charge in [-0.2, -0.15) is 0 Å². The molecule has 2 rings (SSSR count). The van der Waals surface area contributed by atoms with Gasteiger partial charge < -0.3 is 10.7 Å². The van der Waals surface area contributed by atoms with Crippen LogP contribution >= 0.6 is 0 Å². The number of nitrogens with one attached hydrogen (secondary N) is 1. The molecule has 0 fully saturated rings. The van der Waals surface area contributed by atoms with Crippen molar-refractivity contribution in [3.63, 3.8) is 0 Å². The lowest BCUT2D eigenvalue weighted by atomic mass is 10.0. The molecule has 16 heavy (non-hydrogen) atoms. The Bertz CT molecular complexity index is 468. The van der Waals surface area contributed by atoms with Crippen molar-refractivity contribution in [2.45, 2.75) is 12.5 Å². The topological polar surface area (TPSA) is 54.7 Å². The van der Waals surface area contributed by atoms with Crippen LogP contribution in [0.15, 0.2) is 30.6 Å². The molecule has 84 valence electrons. The van der Waals surface area contributed by atoms with E-state index in [1.807, 2.05) is 0 Å². The van der Waals surface area contributed by atoms with Gasteiger partial charge in [-0.1, -0.05) is 6.07 Å². The summed E-state index contributed by atoms with van der Waals surface area (Å²) >= 11 is 0. The number of aromatic amines is 1. The molecule has 5 heteroatoms. The lowest BCUT2D eigenvalue weighted by Crippen LogP contribution is -2.15. The number of nitrogens with zero attached hydrogens (tertiary/aromatic N) is 1. The van der Waals surface area contributed by atoms with E-state index in [0.717, 1.165) is 6.07 Å². The van der Waals surface area contributed by atoms with E-state index in [9.17, 15) is 8.78 Å². The molecule has 0 amide bonds. The zero-order valence-electron chi connectivity index (χ0n) is 8.45. The van der Waals surface area contributed by atoms with Crippen molar-refractivity contribution >= 4 is 0 Å². The van der Waals surface area contributed by atoms with Crippen LogP contribution in [-0.2, 0) is 6.42 Å². The van der Waals surface area contributed by atoms with Crippen molar-refractivity contribution in [1.29, 1.82) is 0 Å². The molecule has 3 nitrogen and oxygen atoms in total. The number of H-pyrrole nitrogens is 1. The van der Waals surface area contributed by atoms with E-state index in [2.05, 4.69) is 9.97 Å². The van der Waals surface area contributed by atoms with Crippen LogP contribution in [0, 0.1) is 11.6 Å². The van der Waals surface area contributed by atoms with Crippen LogP contribution in [-0.4, -0.2) is 9.97 Å². The lowest BCUT2D eigenvalue weighted by Gasteiger charge is -2.11. The smallest absolute Gasteiger partial charge is 0.130 e. The van der Waals surface area contributed by atoms with Gasteiger partial charge in [0.05, 0.1) is 0 Å². The molecule has 0 radical (unpaired) electrons. The second-order valence-corrected chi connectivity index (χ2v) is 3.51. The van der Waals surface area contributed by atoms with Crippen LogP contribution < -0.4 is 5.73 Å². The maximum Gasteiger partial charge on any atom is 0.130 e. The number of benzene rings is 1. The van der Waals surface area contributed by atoms with Crippen LogP contribution in [0.2, 0.25) is 0 Å². The fourth-order valence-corrected chi connectivity index (χ4v) is 1.53. The Morgan fingerprint density at radius 2 is 2.19 bits per heavy atom. The van der Waals surface area contributed by atoms with Gasteiger partial charge in [0.1, 0.15) is 17.5 Å². The fourth-order valence-electron chi connectivity index (χ4n) is 1.53. The van der Waals surface area contributed by atoms with Crippen LogP contribution in [0.1, 0.15) is 17.4 Å². The van der Waals surface area contributed by atoms with E-state index >= 15 is 0 Å². The Hall–Kier alpha value is -1.75. The molecule has 0 saturated carbocycles. The van der Waals surface area contributed by atoms with E-state index < -0.39 is 17.7 Å². The Labute approximate surface area is 91.3 Å². The van der Waals surface area contributed by atoms with E-state index in [0.29, 0.717) is 12.2 Å². The highest BCUT2D eigenvalue weighted by molar-refractivity contribution is 5.22. The van der Waals surface area contributed by atoms with E-state index in [1.54, 1.807) is 12.4 Å². The molecular formula is C11H11F2N3. The molecule has 0 bridgehead atoms. The zero-order chi connectivity index (χ0) is 11.5. The largest absolute Gasteiger partial charge is 0.349 e. The first-order chi connectivity index (χ1) is 7.66. The first kappa shape index (κ1) is 10.8. The van der Waals surface area contributed by atoms with Crippen LogP contribution in [0.25, 0.3) is 0 Å². The molecule has 1 aromatic carbocycles. The lowest BCUT2D eigenvalue weighted by molar-refractivity contribution is 0.551. The van der Waals surface area contributed by atoms with E-state index in [1.165, 1.54) is 12.1 Å². The molecule has 0 aliphatic heterocycles. The normalized spacial score (nSPS) is 12.7. The predicted molar refractivity (Wildman–Crippen MR) is 55.6 cm³/mol. The quantitative estimate of drug-likeness (QED) is 0.835. The van der Waals surface area contributed by atoms with Crippen molar-refractivity contribution in [2.75, 3.05) is 0 Å². The Balaban J connectivity index is 2.17. The SMILES string of the molecule is NC(Cc1ncc[nH]1)c1ccc(F)cc1F. The third-order valence-electron chi connectivity index (χ3n) is 2.33. The molecule has 3 N–H and O–H groups in total. The minimum atomic E-state index is -0.626. The number of hydrogen-bond acceptors (Lipinski definition) is 2. The highest BCUT2D eigenvalue weighted by Crippen LogP contribution is 2.18. The fraction of sp³-hybridized carbons (Fsp3) is 0.182. The Morgan fingerprint density at radius 3 is 2.81 bits per heavy atom. The van der Waals surface area contributed by atoms with Gasteiger partial charge in [0.25, 0.3) is 0 Å². The summed E-state index contributed by atoms with van der Waals surface area (Å²) in [5, 5.41) is 0. The van der Waals surface area contributed by atoms with E-state index in [-0.39, 0.29) is 5.56 Å². The molecule has 1 unspecified atom stereocenters. The number of hydrogen-bond donors (Lipinski definition) is 2. The first-order valence-corrected chi connectivity index (χ1v) is 4.85. The summed E-state index contributed by atoms with van der Waals surface area (Å²) in [6.45, 7) is 0. The third-order valence-corrected chi connectivity index (χ3v) is 2.33. The number of nitrogens with two attached hydrogens (primary N) is 1. The second-order valence-electron chi connectivity index (χ2n) is 3.51. The minimum Gasteiger partial charge on any atom is -0.349 e. The molecular weight excluding hydrogens is 212 g/mol. The van der Waals surface area contributed by atoms with Gasteiger partial charge in [-0.15, -0.1) is 0 Å². The monoisotopic (exact) mass is 223 g/mol. The van der Waals surface area contributed by atoms with Gasteiger partial charge in [-0.05, 0) is 6.07 Å². The molecule has 2 aromatic rings. The number of rotatable bonds is 3. The average molecular weight is 223 g/mol. The highest BCUT2D eigenvalue weighted by atomic mass is 19.1. The van der Waals surface area contributed by atoms with Crippen molar-refractivity contribution in [3.05, 3.63) is 53.6 Å². The molecule has 1 heterocycles. The minimum absolute atomic E-state index is 0.290. The summed E-state index contributed by atoms with van der Waals surface area (Å²) in [4.78, 5) is 6.88. The van der Waals surface area contributed by atoms with Crippen LogP contribution in [0.4, 0.5) is 8.78 Å². The average Bonchev–Trinajstić information content (AvgIpc) is 2.70. The summed E-state index contributed by atoms with van der Waals surface area (Å²) in [7, 11) is 0. The molecule has 1 atom stereocenters. The second kappa shape index (κ2) is 4.40. The summed E-state index contributed by atoms with van der Waals surface area (Å²) in [6, 6.07) is 2.85. The van der Waals surface area contributed by atoms with Gasteiger partial charge in [-0.25, -0.2) is 13.8 Å². The maximum absolute atomic E-state index is 13.4. The van der Waals surface area contributed by atoms with Gasteiger partial charge in [-0.3, -0.25) is 0 Å². The van der Waals surface area contributed by atoms with Gasteiger partial charge in [0, 0.05) is 36.5 Å². The molecule has 0 spiro atoms. The summed E-state index contributed by atoms with van der Waals surface area (Å²) in [6.07, 6.45) is 3.65. The summed E-state index contributed by atoms with van der Waals surface area (Å²) < 4.78 is 26.1. The van der Waals surface area contributed by atoms with Crippen molar-refractivity contribution < 1.29 is 8.78 Å². The van der Waals surface area contributed by atoms with Crippen molar-refractivity contribution in [3.8, 4) is 0 Å². The van der Waals surface area contributed by atoms with Gasteiger partial charge in [0.15, 0.2) is 0 Å². The van der Waals surface area contributed by atoms with Crippen LogP contribution in [0.5, 0.6) is 0 Å². The standard InChI is InChI=1S/C11H11F2N3/c12-7-1-2-8(9(13)5-7)10(14)6-11-15-3-4-16-11/h1-5,10H,6,14H2,(H,15,16). The molecule has 0 saturated heterocycles. The third kappa shape index (κ3) is 2.25. The Kier molecular flexibility index (Phi) is 2.96.